The molecule has 0 aliphatic carbocycles. The molecule has 20 heavy (non-hydrogen) atoms. The number of carbonyl (C=O) groups is 1. The standard InChI is InChI=1S/C12H17NO5S2/c1-9(19(2)16)7-13-20(17,18)8-10-3-5-11(6-4-10)12(14)15/h3-6,9,13H,7-8H2,1-2H3,(H,14,15). The summed E-state index contributed by atoms with van der Waals surface area (Å²) in [6.07, 6.45) is 1.52. The van der Waals surface area contributed by atoms with Gasteiger partial charge < -0.3 is 5.11 Å². The molecule has 0 aliphatic heterocycles. The van der Waals surface area contributed by atoms with E-state index in [0.29, 0.717) is 5.56 Å². The molecule has 0 heterocycles. The van der Waals surface area contributed by atoms with Gasteiger partial charge in [-0.25, -0.2) is 17.9 Å². The van der Waals surface area contributed by atoms with Crippen molar-refractivity contribution in [1.29, 1.82) is 0 Å². The monoisotopic (exact) mass is 319 g/mol. The van der Waals surface area contributed by atoms with Crippen LogP contribution in [0.5, 0.6) is 0 Å². The average molecular weight is 319 g/mol. The number of carboxylic acid groups (broad SMARTS) is 1. The third-order valence-corrected chi connectivity index (χ3v) is 5.33. The molecule has 2 unspecified atom stereocenters. The summed E-state index contributed by atoms with van der Waals surface area (Å²) in [4.78, 5) is 10.7. The molecular formula is C12H17NO5S2. The van der Waals surface area contributed by atoms with Gasteiger partial charge in [0.2, 0.25) is 10.0 Å². The third kappa shape index (κ3) is 5.40. The predicted octanol–water partition coefficient (Wildman–Crippen LogP) is 0.571. The molecule has 8 heteroatoms. The van der Waals surface area contributed by atoms with E-state index in [0.717, 1.165) is 0 Å². The van der Waals surface area contributed by atoms with Gasteiger partial charge in [0.25, 0.3) is 0 Å². The molecule has 0 fully saturated rings. The molecule has 0 saturated carbocycles. The predicted molar refractivity (Wildman–Crippen MR) is 77.6 cm³/mol. The summed E-state index contributed by atoms with van der Waals surface area (Å²) in [6.45, 7) is 1.80. The highest BCUT2D eigenvalue weighted by Gasteiger charge is 2.15. The lowest BCUT2D eigenvalue weighted by Crippen LogP contribution is -2.33. The van der Waals surface area contributed by atoms with Gasteiger partial charge in [0.15, 0.2) is 0 Å². The number of carboxylic acids is 1. The van der Waals surface area contributed by atoms with Gasteiger partial charge in [-0.2, -0.15) is 0 Å². The van der Waals surface area contributed by atoms with Crippen LogP contribution in [0.3, 0.4) is 0 Å². The van der Waals surface area contributed by atoms with E-state index in [2.05, 4.69) is 4.72 Å². The van der Waals surface area contributed by atoms with Crippen molar-refractivity contribution >= 4 is 26.8 Å². The van der Waals surface area contributed by atoms with Gasteiger partial charge in [0.05, 0.1) is 11.3 Å². The first kappa shape index (κ1) is 16.8. The maximum absolute atomic E-state index is 11.8. The summed E-state index contributed by atoms with van der Waals surface area (Å²) in [5, 5.41) is 8.48. The summed E-state index contributed by atoms with van der Waals surface area (Å²) >= 11 is 0. The van der Waals surface area contributed by atoms with Crippen LogP contribution in [0.2, 0.25) is 0 Å². The van der Waals surface area contributed by atoms with Gasteiger partial charge in [-0.05, 0) is 24.6 Å². The lowest BCUT2D eigenvalue weighted by atomic mass is 10.1. The molecule has 1 aromatic carbocycles. The molecule has 0 aromatic heterocycles. The molecule has 0 spiro atoms. The lowest BCUT2D eigenvalue weighted by Gasteiger charge is -2.10. The van der Waals surface area contributed by atoms with Crippen LogP contribution in [-0.4, -0.2) is 41.8 Å². The topological polar surface area (TPSA) is 101 Å². The van der Waals surface area contributed by atoms with Crippen LogP contribution in [0.15, 0.2) is 24.3 Å². The Bertz CT molecular complexity index is 595. The van der Waals surface area contributed by atoms with Crippen molar-refractivity contribution in [3.63, 3.8) is 0 Å². The van der Waals surface area contributed by atoms with E-state index >= 15 is 0 Å². The highest BCUT2D eigenvalue weighted by molar-refractivity contribution is 7.88. The Morgan fingerprint density at radius 3 is 2.35 bits per heavy atom. The van der Waals surface area contributed by atoms with Crippen molar-refractivity contribution in [2.24, 2.45) is 0 Å². The van der Waals surface area contributed by atoms with Gasteiger partial charge in [0.1, 0.15) is 0 Å². The van der Waals surface area contributed by atoms with Crippen LogP contribution in [0.25, 0.3) is 0 Å². The molecule has 2 N–H and O–H groups in total. The molecule has 1 aromatic rings. The van der Waals surface area contributed by atoms with Crippen molar-refractivity contribution in [3.8, 4) is 0 Å². The number of hydrogen-bond donors (Lipinski definition) is 2. The highest BCUT2D eigenvalue weighted by Crippen LogP contribution is 2.08. The smallest absolute Gasteiger partial charge is 0.335 e. The third-order valence-electron chi connectivity index (χ3n) is 2.71. The molecule has 6 nitrogen and oxygen atoms in total. The van der Waals surface area contributed by atoms with Gasteiger partial charge in [0, 0.05) is 28.9 Å². The number of nitrogens with one attached hydrogen (secondary N) is 1. The summed E-state index contributed by atoms with van der Waals surface area (Å²) in [5.41, 5.74) is 0.599. The second-order valence-electron chi connectivity index (χ2n) is 4.42. The van der Waals surface area contributed by atoms with Crippen molar-refractivity contribution in [1.82, 2.24) is 4.72 Å². The summed E-state index contributed by atoms with van der Waals surface area (Å²) in [7, 11) is -4.62. The van der Waals surface area contributed by atoms with Gasteiger partial charge in [-0.15, -0.1) is 0 Å². The van der Waals surface area contributed by atoms with Crippen molar-refractivity contribution < 1.29 is 22.5 Å². The fourth-order valence-corrected chi connectivity index (χ4v) is 3.04. The van der Waals surface area contributed by atoms with Crippen LogP contribution < -0.4 is 4.72 Å². The molecule has 0 bridgehead atoms. The van der Waals surface area contributed by atoms with Crippen molar-refractivity contribution in [2.75, 3.05) is 12.8 Å². The Labute approximate surface area is 120 Å². The SMILES string of the molecule is CC(CNS(=O)(=O)Cc1ccc(C(=O)O)cc1)S(C)=O. The van der Waals surface area contributed by atoms with Crippen LogP contribution in [0, 0.1) is 0 Å². The first-order chi connectivity index (χ1) is 9.21. The highest BCUT2D eigenvalue weighted by atomic mass is 32.2. The Morgan fingerprint density at radius 2 is 1.90 bits per heavy atom. The molecule has 0 amide bonds. The van der Waals surface area contributed by atoms with E-state index in [1.807, 2.05) is 0 Å². The lowest BCUT2D eigenvalue weighted by molar-refractivity contribution is 0.0697. The molecule has 0 saturated heterocycles. The fraction of sp³-hybridized carbons (Fsp3) is 0.417. The second kappa shape index (κ2) is 6.96. The van der Waals surface area contributed by atoms with Crippen LogP contribution in [0.4, 0.5) is 0 Å². The van der Waals surface area contributed by atoms with Crippen LogP contribution in [-0.2, 0) is 26.6 Å². The molecular weight excluding hydrogens is 302 g/mol. The minimum Gasteiger partial charge on any atom is -0.478 e. The van der Waals surface area contributed by atoms with Gasteiger partial charge in [-0.1, -0.05) is 12.1 Å². The van der Waals surface area contributed by atoms with Crippen LogP contribution >= 0.6 is 0 Å². The Kier molecular flexibility index (Phi) is 5.85. The number of rotatable bonds is 7. The zero-order valence-electron chi connectivity index (χ0n) is 11.2. The first-order valence-corrected chi connectivity index (χ1v) is 9.10. The fourth-order valence-electron chi connectivity index (χ4n) is 1.38. The first-order valence-electron chi connectivity index (χ1n) is 5.83. The van der Waals surface area contributed by atoms with Crippen LogP contribution in [0.1, 0.15) is 22.8 Å². The summed E-state index contributed by atoms with van der Waals surface area (Å²) in [6, 6.07) is 5.64. The number of sulfonamides is 1. The molecule has 0 radical (unpaired) electrons. The summed E-state index contributed by atoms with van der Waals surface area (Å²) in [5.74, 6) is -1.30. The maximum atomic E-state index is 11.8. The molecule has 1 rings (SSSR count). The van der Waals surface area contributed by atoms with E-state index in [4.69, 9.17) is 5.11 Å². The van der Waals surface area contributed by atoms with E-state index < -0.39 is 26.8 Å². The van der Waals surface area contributed by atoms with E-state index in [1.54, 1.807) is 6.92 Å². The second-order valence-corrected chi connectivity index (χ2v) is 8.03. The Balaban J connectivity index is 2.66. The largest absolute Gasteiger partial charge is 0.478 e. The minimum absolute atomic E-state index is 0.106. The van der Waals surface area contributed by atoms with Crippen molar-refractivity contribution in [3.05, 3.63) is 35.4 Å². The van der Waals surface area contributed by atoms with Crippen molar-refractivity contribution in [2.45, 2.75) is 17.9 Å². The zero-order chi connectivity index (χ0) is 15.3. The van der Waals surface area contributed by atoms with E-state index in [-0.39, 0.29) is 23.1 Å². The van der Waals surface area contributed by atoms with E-state index in [1.165, 1.54) is 30.5 Å². The number of hydrogen-bond acceptors (Lipinski definition) is 4. The van der Waals surface area contributed by atoms with Gasteiger partial charge >= 0.3 is 5.97 Å². The number of benzene rings is 1. The minimum atomic E-state index is -3.53. The average Bonchev–Trinajstić information content (AvgIpc) is 2.36. The maximum Gasteiger partial charge on any atom is 0.335 e. The number of aromatic carboxylic acids is 1. The Hall–Kier alpha value is -1.25. The Morgan fingerprint density at radius 1 is 1.35 bits per heavy atom. The summed E-state index contributed by atoms with van der Waals surface area (Å²) < 4.78 is 37.2. The zero-order valence-corrected chi connectivity index (χ0v) is 12.8. The van der Waals surface area contributed by atoms with Gasteiger partial charge in [-0.3, -0.25) is 4.21 Å². The molecule has 112 valence electrons. The quantitative estimate of drug-likeness (QED) is 0.765. The van der Waals surface area contributed by atoms with E-state index in [9.17, 15) is 17.4 Å². The molecule has 2 atom stereocenters. The molecule has 0 aliphatic rings. The normalized spacial score (nSPS) is 14.7.